The highest BCUT2D eigenvalue weighted by atomic mass is 16.5. The summed E-state index contributed by atoms with van der Waals surface area (Å²) in [5.74, 6) is 0.586. The zero-order valence-corrected chi connectivity index (χ0v) is 16.3. The molecule has 4 rings (SSSR count). The SMILES string of the molecule is Cc1ccccc1-n1nc(C)c2c1NC(=O)CC2c1ccc(OCC(N)=O)cc1. The molecule has 0 fully saturated rings. The van der Waals surface area contributed by atoms with Gasteiger partial charge in [0, 0.05) is 17.9 Å². The van der Waals surface area contributed by atoms with Gasteiger partial charge >= 0.3 is 0 Å². The smallest absolute Gasteiger partial charge is 0.255 e. The molecule has 148 valence electrons. The topological polar surface area (TPSA) is 99.2 Å². The van der Waals surface area contributed by atoms with E-state index in [1.54, 1.807) is 12.1 Å². The largest absolute Gasteiger partial charge is 0.484 e. The van der Waals surface area contributed by atoms with Crippen molar-refractivity contribution < 1.29 is 14.3 Å². The fraction of sp³-hybridized carbons (Fsp3) is 0.227. The van der Waals surface area contributed by atoms with Crippen LogP contribution in [-0.2, 0) is 9.59 Å². The number of anilines is 1. The summed E-state index contributed by atoms with van der Waals surface area (Å²) in [6, 6.07) is 15.3. The van der Waals surface area contributed by atoms with Gasteiger partial charge in [0.15, 0.2) is 6.61 Å². The van der Waals surface area contributed by atoms with Crippen LogP contribution in [0.1, 0.15) is 34.7 Å². The Morgan fingerprint density at radius 2 is 1.93 bits per heavy atom. The molecule has 1 aliphatic heterocycles. The average molecular weight is 390 g/mol. The number of para-hydroxylation sites is 1. The van der Waals surface area contributed by atoms with Crippen molar-refractivity contribution in [1.82, 2.24) is 9.78 Å². The number of rotatable bonds is 5. The van der Waals surface area contributed by atoms with Gasteiger partial charge in [-0.25, -0.2) is 4.68 Å². The Morgan fingerprint density at radius 3 is 2.62 bits per heavy atom. The van der Waals surface area contributed by atoms with Crippen molar-refractivity contribution >= 4 is 17.6 Å². The van der Waals surface area contributed by atoms with Crippen LogP contribution in [0.15, 0.2) is 48.5 Å². The van der Waals surface area contributed by atoms with E-state index in [4.69, 9.17) is 15.6 Å². The molecule has 1 aliphatic rings. The minimum atomic E-state index is -0.526. The highest BCUT2D eigenvalue weighted by molar-refractivity contribution is 5.95. The Hall–Kier alpha value is -3.61. The third kappa shape index (κ3) is 3.59. The fourth-order valence-corrected chi connectivity index (χ4v) is 3.76. The van der Waals surface area contributed by atoms with Crippen molar-refractivity contribution in [2.45, 2.75) is 26.2 Å². The van der Waals surface area contributed by atoms with Gasteiger partial charge in [0.25, 0.3) is 5.91 Å². The van der Waals surface area contributed by atoms with Gasteiger partial charge in [-0.05, 0) is 43.2 Å². The van der Waals surface area contributed by atoms with Crippen LogP contribution in [-0.4, -0.2) is 28.2 Å². The Balaban J connectivity index is 1.73. The normalized spacial score (nSPS) is 15.5. The molecular weight excluding hydrogens is 368 g/mol. The van der Waals surface area contributed by atoms with E-state index in [2.05, 4.69) is 5.32 Å². The van der Waals surface area contributed by atoms with Crippen LogP contribution < -0.4 is 15.8 Å². The molecule has 0 saturated carbocycles. The zero-order valence-electron chi connectivity index (χ0n) is 16.3. The minimum absolute atomic E-state index is 0.0497. The number of hydrogen-bond acceptors (Lipinski definition) is 4. The first kappa shape index (κ1) is 18.7. The summed E-state index contributed by atoms with van der Waals surface area (Å²) in [7, 11) is 0. The van der Waals surface area contributed by atoms with Gasteiger partial charge < -0.3 is 15.8 Å². The van der Waals surface area contributed by atoms with Gasteiger partial charge in [-0.2, -0.15) is 5.10 Å². The molecule has 2 aromatic carbocycles. The molecule has 7 heteroatoms. The Morgan fingerprint density at radius 1 is 1.21 bits per heavy atom. The summed E-state index contributed by atoms with van der Waals surface area (Å²) in [5, 5.41) is 7.73. The van der Waals surface area contributed by atoms with Crippen molar-refractivity contribution in [3.63, 3.8) is 0 Å². The van der Waals surface area contributed by atoms with E-state index >= 15 is 0 Å². The lowest BCUT2D eigenvalue weighted by molar-refractivity contribution is -0.120. The first-order chi connectivity index (χ1) is 13.9. The number of carbonyl (C=O) groups excluding carboxylic acids is 2. The van der Waals surface area contributed by atoms with Crippen LogP contribution in [0.25, 0.3) is 5.69 Å². The number of hydrogen-bond donors (Lipinski definition) is 2. The molecule has 7 nitrogen and oxygen atoms in total. The number of primary amides is 1. The minimum Gasteiger partial charge on any atom is -0.484 e. The third-order valence-electron chi connectivity index (χ3n) is 5.11. The molecule has 0 bridgehead atoms. The quantitative estimate of drug-likeness (QED) is 0.700. The van der Waals surface area contributed by atoms with Crippen LogP contribution in [0, 0.1) is 13.8 Å². The number of benzene rings is 2. The van der Waals surface area contributed by atoms with E-state index in [1.807, 2.05) is 54.9 Å². The van der Waals surface area contributed by atoms with E-state index in [9.17, 15) is 9.59 Å². The summed E-state index contributed by atoms with van der Waals surface area (Å²) < 4.78 is 7.14. The van der Waals surface area contributed by atoms with E-state index in [-0.39, 0.29) is 18.4 Å². The molecule has 1 unspecified atom stereocenters. The molecule has 2 amide bonds. The van der Waals surface area contributed by atoms with Crippen LogP contribution in [0.3, 0.4) is 0 Å². The first-order valence-electron chi connectivity index (χ1n) is 9.40. The Labute approximate surface area is 168 Å². The van der Waals surface area contributed by atoms with Crippen molar-refractivity contribution in [2.75, 3.05) is 11.9 Å². The predicted molar refractivity (Wildman–Crippen MR) is 109 cm³/mol. The van der Waals surface area contributed by atoms with Crippen LogP contribution in [0.5, 0.6) is 5.75 Å². The average Bonchev–Trinajstić information content (AvgIpc) is 3.02. The van der Waals surface area contributed by atoms with E-state index in [1.165, 1.54) is 0 Å². The number of amides is 2. The summed E-state index contributed by atoms with van der Waals surface area (Å²) in [5.41, 5.74) is 10.0. The number of nitrogens with two attached hydrogens (primary N) is 1. The molecule has 0 spiro atoms. The number of aryl methyl sites for hydroxylation is 2. The molecule has 0 saturated heterocycles. The molecule has 3 N–H and O–H groups in total. The molecule has 1 atom stereocenters. The summed E-state index contributed by atoms with van der Waals surface area (Å²) in [4.78, 5) is 23.4. The maximum atomic E-state index is 12.5. The van der Waals surface area contributed by atoms with Crippen LogP contribution in [0.2, 0.25) is 0 Å². The monoisotopic (exact) mass is 390 g/mol. The summed E-state index contributed by atoms with van der Waals surface area (Å²) in [6.45, 7) is 3.81. The molecule has 1 aromatic heterocycles. The van der Waals surface area contributed by atoms with Crippen molar-refractivity contribution in [2.24, 2.45) is 5.73 Å². The van der Waals surface area contributed by atoms with Gasteiger partial charge in [0.2, 0.25) is 5.91 Å². The van der Waals surface area contributed by atoms with Crippen molar-refractivity contribution in [3.8, 4) is 11.4 Å². The van der Waals surface area contributed by atoms with Gasteiger partial charge in [-0.1, -0.05) is 30.3 Å². The standard InChI is InChI=1S/C22H22N4O3/c1-13-5-3-4-6-18(13)26-22-21(14(2)25-26)17(11-20(28)24-22)15-7-9-16(10-8-15)29-12-19(23)27/h3-10,17H,11-12H2,1-2H3,(H2,23,27)(H,24,28). The Bertz CT molecular complexity index is 1090. The van der Waals surface area contributed by atoms with E-state index < -0.39 is 5.91 Å². The third-order valence-corrected chi connectivity index (χ3v) is 5.11. The second-order valence-corrected chi connectivity index (χ2v) is 7.17. The van der Waals surface area contributed by atoms with E-state index in [0.717, 1.165) is 28.1 Å². The van der Waals surface area contributed by atoms with Crippen LogP contribution in [0.4, 0.5) is 5.82 Å². The predicted octanol–water partition coefficient (Wildman–Crippen LogP) is 2.83. The second kappa shape index (κ2) is 7.43. The number of nitrogens with one attached hydrogen (secondary N) is 1. The van der Waals surface area contributed by atoms with E-state index in [0.29, 0.717) is 18.0 Å². The molecular formula is C22H22N4O3. The maximum Gasteiger partial charge on any atom is 0.255 e. The first-order valence-corrected chi connectivity index (χ1v) is 9.40. The molecule has 0 aliphatic carbocycles. The Kier molecular flexibility index (Phi) is 4.80. The number of aromatic nitrogens is 2. The molecule has 0 radical (unpaired) electrons. The lowest BCUT2D eigenvalue weighted by Gasteiger charge is -2.24. The number of nitrogens with zero attached hydrogens (tertiary/aromatic N) is 2. The van der Waals surface area contributed by atoms with Gasteiger partial charge in [-0.3, -0.25) is 9.59 Å². The molecule has 29 heavy (non-hydrogen) atoms. The number of ether oxygens (including phenoxy) is 1. The van der Waals surface area contributed by atoms with Crippen molar-refractivity contribution in [3.05, 3.63) is 70.9 Å². The maximum absolute atomic E-state index is 12.5. The van der Waals surface area contributed by atoms with Crippen molar-refractivity contribution in [1.29, 1.82) is 0 Å². The number of fused-ring (bicyclic) bond motifs is 1. The number of carbonyl (C=O) groups is 2. The van der Waals surface area contributed by atoms with Gasteiger partial charge in [0.1, 0.15) is 11.6 Å². The fourth-order valence-electron chi connectivity index (χ4n) is 3.76. The highest BCUT2D eigenvalue weighted by Gasteiger charge is 2.32. The second-order valence-electron chi connectivity index (χ2n) is 7.17. The lowest BCUT2D eigenvalue weighted by Crippen LogP contribution is -2.25. The summed E-state index contributed by atoms with van der Waals surface area (Å²) >= 11 is 0. The lowest BCUT2D eigenvalue weighted by atomic mass is 9.86. The van der Waals surface area contributed by atoms with Crippen LogP contribution >= 0.6 is 0 Å². The summed E-state index contributed by atoms with van der Waals surface area (Å²) in [6.07, 6.45) is 0.342. The zero-order chi connectivity index (χ0) is 20.5. The highest BCUT2D eigenvalue weighted by Crippen LogP contribution is 2.40. The molecule has 3 aromatic rings. The van der Waals surface area contributed by atoms with Gasteiger partial charge in [-0.15, -0.1) is 0 Å². The van der Waals surface area contributed by atoms with Gasteiger partial charge in [0.05, 0.1) is 11.4 Å². The molecule has 2 heterocycles.